The zero-order valence-corrected chi connectivity index (χ0v) is 13.4. The molecule has 0 amide bonds. The van der Waals surface area contributed by atoms with E-state index in [1.54, 1.807) is 6.92 Å². The summed E-state index contributed by atoms with van der Waals surface area (Å²) in [4.78, 5) is 11.9. The van der Waals surface area contributed by atoms with Gasteiger partial charge in [0.15, 0.2) is 5.82 Å². The highest BCUT2D eigenvalue weighted by Gasteiger charge is 2.44. The van der Waals surface area contributed by atoms with E-state index in [-0.39, 0.29) is 17.9 Å². The second-order valence-electron chi connectivity index (χ2n) is 6.69. The van der Waals surface area contributed by atoms with Gasteiger partial charge in [0.1, 0.15) is 11.7 Å². The summed E-state index contributed by atoms with van der Waals surface area (Å²) in [6, 6.07) is -0.296. The van der Waals surface area contributed by atoms with Gasteiger partial charge in [-0.3, -0.25) is 4.79 Å². The van der Waals surface area contributed by atoms with E-state index in [2.05, 4.69) is 25.9 Å². The highest BCUT2D eigenvalue weighted by atomic mass is 19.1. The lowest BCUT2D eigenvalue weighted by molar-refractivity contribution is -0.147. The van der Waals surface area contributed by atoms with E-state index < -0.39 is 5.67 Å². The molecule has 0 radical (unpaired) electrons. The van der Waals surface area contributed by atoms with Crippen molar-refractivity contribution < 1.29 is 13.9 Å². The minimum Gasteiger partial charge on any atom is -0.465 e. The van der Waals surface area contributed by atoms with Crippen LogP contribution in [0.25, 0.3) is 0 Å². The van der Waals surface area contributed by atoms with Crippen molar-refractivity contribution in [1.29, 1.82) is 0 Å². The Kier molecular flexibility index (Phi) is 4.89. The van der Waals surface area contributed by atoms with Crippen LogP contribution in [0.15, 0.2) is 0 Å². The summed E-state index contributed by atoms with van der Waals surface area (Å²) in [7, 11) is 0. The molecule has 0 aromatic carbocycles. The average molecular weight is 325 g/mol. The van der Waals surface area contributed by atoms with Crippen LogP contribution in [0.5, 0.6) is 0 Å². The summed E-state index contributed by atoms with van der Waals surface area (Å²) in [6.07, 6.45) is 3.50. The predicted octanol–water partition coefficient (Wildman–Crippen LogP) is 1.18. The third-order valence-corrected chi connectivity index (χ3v) is 5.18. The zero-order valence-electron chi connectivity index (χ0n) is 13.4. The number of piperidine rings is 1. The Bertz CT molecular complexity index is 526. The van der Waals surface area contributed by atoms with E-state index in [0.717, 1.165) is 13.0 Å². The number of aryl methyl sites for hydroxylation is 1. The minimum atomic E-state index is -1.20. The normalized spacial score (nSPS) is 33.9. The molecule has 8 heteroatoms. The summed E-state index contributed by atoms with van der Waals surface area (Å²) >= 11 is 0. The Labute approximate surface area is 134 Å². The van der Waals surface area contributed by atoms with Crippen molar-refractivity contribution in [2.45, 2.75) is 57.2 Å². The molecule has 1 saturated heterocycles. The van der Waals surface area contributed by atoms with E-state index in [1.807, 2.05) is 0 Å². The van der Waals surface area contributed by atoms with Gasteiger partial charge < -0.3 is 10.1 Å². The maximum absolute atomic E-state index is 15.2. The first-order valence-corrected chi connectivity index (χ1v) is 8.41. The first kappa shape index (κ1) is 16.3. The number of rotatable bonds is 5. The number of tetrazole rings is 1. The third-order valence-electron chi connectivity index (χ3n) is 5.18. The molecule has 1 aliphatic carbocycles. The molecular formula is C15H24FN5O2. The Morgan fingerprint density at radius 3 is 3.09 bits per heavy atom. The first-order chi connectivity index (χ1) is 11.1. The fourth-order valence-electron chi connectivity index (χ4n) is 3.92. The van der Waals surface area contributed by atoms with Gasteiger partial charge in [0.25, 0.3) is 0 Å². The number of H-pyrrole nitrogens is 1. The van der Waals surface area contributed by atoms with Crippen LogP contribution < -0.4 is 5.32 Å². The van der Waals surface area contributed by atoms with Crippen LogP contribution in [0.4, 0.5) is 4.39 Å². The maximum atomic E-state index is 15.2. The molecule has 1 aliphatic heterocycles. The number of aromatic nitrogens is 4. The van der Waals surface area contributed by atoms with Crippen molar-refractivity contribution >= 4 is 5.97 Å². The number of ether oxygens (including phenoxy) is 1. The van der Waals surface area contributed by atoms with Gasteiger partial charge >= 0.3 is 5.97 Å². The number of alkyl halides is 1. The van der Waals surface area contributed by atoms with Crippen molar-refractivity contribution in [2.75, 3.05) is 13.2 Å². The third kappa shape index (κ3) is 3.85. The van der Waals surface area contributed by atoms with E-state index in [1.165, 1.54) is 0 Å². The first-order valence-electron chi connectivity index (χ1n) is 8.41. The van der Waals surface area contributed by atoms with Crippen LogP contribution in [0, 0.1) is 11.8 Å². The molecule has 4 atom stereocenters. The molecule has 3 rings (SSSR count). The summed E-state index contributed by atoms with van der Waals surface area (Å²) in [5, 5.41) is 16.9. The van der Waals surface area contributed by atoms with Gasteiger partial charge in [-0.25, -0.2) is 4.39 Å². The largest absolute Gasteiger partial charge is 0.465 e. The molecule has 128 valence electrons. The number of fused-ring (bicyclic) bond motifs is 1. The van der Waals surface area contributed by atoms with Gasteiger partial charge in [0.05, 0.1) is 6.61 Å². The van der Waals surface area contributed by atoms with Crippen molar-refractivity contribution in [1.82, 2.24) is 25.9 Å². The molecule has 2 N–H and O–H groups in total. The molecule has 1 aromatic rings. The summed E-state index contributed by atoms with van der Waals surface area (Å²) in [5.41, 5.74) is -1.20. The van der Waals surface area contributed by atoms with E-state index >= 15 is 4.39 Å². The lowest BCUT2D eigenvalue weighted by Crippen LogP contribution is -2.52. The van der Waals surface area contributed by atoms with Gasteiger partial charge in [-0.2, -0.15) is 5.21 Å². The molecule has 1 aromatic heterocycles. The standard InChI is InChI=1S/C15H24FN5O2/c1-2-23-14(22)12-7-11-8-15(16,5-3-10(11)9-17-12)6-4-13-18-20-21-19-13/h10-12,17H,2-9H2,1H3,(H,18,19,20,21)/t10-,11-,12-,15-/m0/s1. The number of hydrogen-bond acceptors (Lipinski definition) is 6. The van der Waals surface area contributed by atoms with Crippen LogP contribution in [-0.4, -0.2) is 51.5 Å². The number of aromatic amines is 1. The van der Waals surface area contributed by atoms with Gasteiger partial charge in [-0.1, -0.05) is 5.21 Å². The lowest BCUT2D eigenvalue weighted by atomic mass is 9.67. The van der Waals surface area contributed by atoms with Gasteiger partial charge in [0.2, 0.25) is 0 Å². The number of carbonyl (C=O) groups is 1. The lowest BCUT2D eigenvalue weighted by Gasteiger charge is -2.44. The monoisotopic (exact) mass is 325 g/mol. The van der Waals surface area contributed by atoms with Crippen LogP contribution in [-0.2, 0) is 16.0 Å². The molecule has 2 fully saturated rings. The van der Waals surface area contributed by atoms with Crippen molar-refractivity contribution in [3.05, 3.63) is 5.82 Å². The molecular weight excluding hydrogens is 301 g/mol. The van der Waals surface area contributed by atoms with Crippen LogP contribution in [0.2, 0.25) is 0 Å². The summed E-state index contributed by atoms with van der Waals surface area (Å²) in [5.74, 6) is 1.02. The topological polar surface area (TPSA) is 92.8 Å². The second-order valence-corrected chi connectivity index (χ2v) is 6.69. The highest BCUT2D eigenvalue weighted by Crippen LogP contribution is 2.44. The maximum Gasteiger partial charge on any atom is 0.323 e. The Balaban J connectivity index is 1.57. The Morgan fingerprint density at radius 2 is 2.35 bits per heavy atom. The molecule has 0 bridgehead atoms. The number of nitrogens with one attached hydrogen (secondary N) is 2. The number of hydrogen-bond donors (Lipinski definition) is 2. The number of esters is 1. The molecule has 1 saturated carbocycles. The quantitative estimate of drug-likeness (QED) is 0.790. The van der Waals surface area contributed by atoms with Crippen LogP contribution >= 0.6 is 0 Å². The summed E-state index contributed by atoms with van der Waals surface area (Å²) in [6.45, 7) is 2.95. The fourth-order valence-corrected chi connectivity index (χ4v) is 3.92. The predicted molar refractivity (Wildman–Crippen MR) is 80.2 cm³/mol. The van der Waals surface area contributed by atoms with Crippen LogP contribution in [0.1, 0.15) is 44.9 Å². The number of halogens is 1. The molecule has 2 aliphatic rings. The molecule has 0 spiro atoms. The molecule has 2 heterocycles. The Hall–Kier alpha value is -1.57. The smallest absolute Gasteiger partial charge is 0.323 e. The van der Waals surface area contributed by atoms with Crippen LogP contribution in [0.3, 0.4) is 0 Å². The second kappa shape index (κ2) is 6.90. The van der Waals surface area contributed by atoms with Crippen molar-refractivity contribution in [3.8, 4) is 0 Å². The highest BCUT2D eigenvalue weighted by molar-refractivity contribution is 5.75. The van der Waals surface area contributed by atoms with Crippen molar-refractivity contribution in [2.24, 2.45) is 11.8 Å². The van der Waals surface area contributed by atoms with E-state index in [4.69, 9.17) is 4.74 Å². The van der Waals surface area contributed by atoms with Gasteiger partial charge in [0, 0.05) is 6.42 Å². The fraction of sp³-hybridized carbons (Fsp3) is 0.867. The van der Waals surface area contributed by atoms with Crippen molar-refractivity contribution in [3.63, 3.8) is 0 Å². The van der Waals surface area contributed by atoms with Gasteiger partial charge in [-0.05, 0) is 57.4 Å². The number of nitrogens with zero attached hydrogens (tertiary/aromatic N) is 3. The molecule has 0 unspecified atom stereocenters. The van der Waals surface area contributed by atoms with E-state index in [9.17, 15) is 4.79 Å². The van der Waals surface area contributed by atoms with E-state index in [0.29, 0.717) is 50.5 Å². The Morgan fingerprint density at radius 1 is 1.48 bits per heavy atom. The van der Waals surface area contributed by atoms with Gasteiger partial charge in [-0.15, -0.1) is 10.2 Å². The number of carbonyl (C=O) groups excluding carboxylic acids is 1. The minimum absolute atomic E-state index is 0.215. The summed E-state index contributed by atoms with van der Waals surface area (Å²) < 4.78 is 20.3. The average Bonchev–Trinajstić information content (AvgIpc) is 3.06. The molecule has 23 heavy (non-hydrogen) atoms. The molecule has 7 nitrogen and oxygen atoms in total. The SMILES string of the molecule is CCOC(=O)[C@@H]1C[C@H]2C[C@@](F)(CCc3nn[nH]n3)CC[C@H]2CN1. The zero-order chi connectivity index (χ0) is 16.3.